The summed E-state index contributed by atoms with van der Waals surface area (Å²) < 4.78 is 2.27. The summed E-state index contributed by atoms with van der Waals surface area (Å²) in [5.74, 6) is -0.506. The van der Waals surface area contributed by atoms with Crippen molar-refractivity contribution in [3.8, 4) is 0 Å². The third-order valence-electron chi connectivity index (χ3n) is 6.48. The second-order valence-corrected chi connectivity index (χ2v) is 8.70. The van der Waals surface area contributed by atoms with E-state index in [-0.39, 0.29) is 24.8 Å². The van der Waals surface area contributed by atoms with Crippen LogP contribution < -0.4 is 16.4 Å². The van der Waals surface area contributed by atoms with Gasteiger partial charge in [0, 0.05) is 70.5 Å². The molecule has 1 atom stereocenters. The largest absolute Gasteiger partial charge is 0.361 e. The van der Waals surface area contributed by atoms with Crippen LogP contribution in [0.1, 0.15) is 18.9 Å². The third-order valence-corrected chi connectivity index (χ3v) is 6.48. The number of para-hydroxylation sites is 2. The number of aryl methyl sites for hydroxylation is 1. The maximum Gasteiger partial charge on any atom is 0.247 e. The average molecular weight is 468 g/mol. The Kier molecular flexibility index (Phi) is 6.25. The molecule has 0 radical (unpaired) electrons. The van der Waals surface area contributed by atoms with Crippen molar-refractivity contribution in [3.05, 3.63) is 78.5 Å². The minimum Gasteiger partial charge on any atom is -0.361 e. The molecule has 3 aromatic carbocycles. The van der Waals surface area contributed by atoms with Crippen LogP contribution in [0.4, 0.5) is 5.69 Å². The molecule has 7 nitrogen and oxygen atoms in total. The Balaban J connectivity index is 1.45. The molecule has 2 heterocycles. The fourth-order valence-electron chi connectivity index (χ4n) is 4.83. The Hall–Kier alpha value is -4.10. The van der Waals surface area contributed by atoms with Gasteiger partial charge in [0.25, 0.3) is 0 Å². The van der Waals surface area contributed by atoms with Crippen LogP contribution >= 0.6 is 0 Å². The molecule has 1 unspecified atom stereocenters. The minimum atomic E-state index is -0.735. The lowest BCUT2D eigenvalue weighted by atomic mass is 10.0. The number of benzene rings is 3. The number of nitrogens with two attached hydrogens (primary N) is 1. The Morgan fingerprint density at radius 2 is 1.71 bits per heavy atom. The predicted molar refractivity (Wildman–Crippen MR) is 141 cm³/mol. The first kappa shape index (κ1) is 22.7. The first-order chi connectivity index (χ1) is 17.1. The number of rotatable bonds is 8. The summed E-state index contributed by atoms with van der Waals surface area (Å²) in [6, 6.07) is 21.4. The van der Waals surface area contributed by atoms with E-state index in [0.717, 1.165) is 39.3 Å². The SMILES string of the molecule is CCn1c2ccccc2c2cc(NC(=O)C(Cc3c[nH]c4ccccc34)NC(=O)CCN)ccc21. The van der Waals surface area contributed by atoms with Crippen LogP contribution in [0.5, 0.6) is 0 Å². The summed E-state index contributed by atoms with van der Waals surface area (Å²) in [6.07, 6.45) is 2.43. The van der Waals surface area contributed by atoms with Gasteiger partial charge in [0.1, 0.15) is 6.04 Å². The van der Waals surface area contributed by atoms with Crippen molar-refractivity contribution in [1.82, 2.24) is 14.9 Å². The van der Waals surface area contributed by atoms with Crippen molar-refractivity contribution in [2.75, 3.05) is 11.9 Å². The molecule has 0 spiro atoms. The van der Waals surface area contributed by atoms with Crippen molar-refractivity contribution >= 4 is 50.2 Å². The Morgan fingerprint density at radius 1 is 0.971 bits per heavy atom. The summed E-state index contributed by atoms with van der Waals surface area (Å²) in [4.78, 5) is 29.0. The van der Waals surface area contributed by atoms with Crippen molar-refractivity contribution in [2.24, 2.45) is 5.73 Å². The number of hydrogen-bond acceptors (Lipinski definition) is 3. The van der Waals surface area contributed by atoms with E-state index < -0.39 is 6.04 Å². The lowest BCUT2D eigenvalue weighted by molar-refractivity contribution is -0.126. The second kappa shape index (κ2) is 9.64. The Bertz CT molecular complexity index is 1530. The van der Waals surface area contributed by atoms with Crippen molar-refractivity contribution in [2.45, 2.75) is 32.4 Å². The van der Waals surface area contributed by atoms with E-state index in [2.05, 4.69) is 39.2 Å². The third kappa shape index (κ3) is 4.38. The molecule has 0 bridgehead atoms. The minimum absolute atomic E-state index is 0.167. The first-order valence-corrected chi connectivity index (χ1v) is 11.9. The maximum absolute atomic E-state index is 13.4. The predicted octanol–water partition coefficient (Wildman–Crippen LogP) is 4.31. The van der Waals surface area contributed by atoms with Crippen LogP contribution in [0.25, 0.3) is 32.7 Å². The van der Waals surface area contributed by atoms with Gasteiger partial charge in [0.2, 0.25) is 11.8 Å². The smallest absolute Gasteiger partial charge is 0.247 e. The van der Waals surface area contributed by atoms with Crippen molar-refractivity contribution in [1.29, 1.82) is 0 Å². The molecule has 5 rings (SSSR count). The fraction of sp³-hybridized carbons (Fsp3) is 0.214. The zero-order valence-electron chi connectivity index (χ0n) is 19.7. The lowest BCUT2D eigenvalue weighted by Gasteiger charge is -2.18. The van der Waals surface area contributed by atoms with Gasteiger partial charge >= 0.3 is 0 Å². The number of carbonyl (C=O) groups excluding carboxylic acids is 2. The van der Waals surface area contributed by atoms with Gasteiger partial charge in [-0.1, -0.05) is 36.4 Å². The summed E-state index contributed by atoms with van der Waals surface area (Å²) in [5, 5.41) is 9.17. The highest BCUT2D eigenvalue weighted by atomic mass is 16.2. The van der Waals surface area contributed by atoms with E-state index in [0.29, 0.717) is 12.1 Å². The summed E-state index contributed by atoms with van der Waals surface area (Å²) in [6.45, 7) is 3.21. The monoisotopic (exact) mass is 467 g/mol. The molecule has 0 aliphatic heterocycles. The number of nitrogens with one attached hydrogen (secondary N) is 3. The molecule has 35 heavy (non-hydrogen) atoms. The van der Waals surface area contributed by atoms with E-state index >= 15 is 0 Å². The van der Waals surface area contributed by atoms with E-state index in [4.69, 9.17) is 5.73 Å². The van der Waals surface area contributed by atoms with Crippen LogP contribution in [-0.2, 0) is 22.6 Å². The molecule has 0 saturated carbocycles. The number of nitrogens with zero attached hydrogens (tertiary/aromatic N) is 1. The lowest BCUT2D eigenvalue weighted by Crippen LogP contribution is -2.45. The number of carbonyl (C=O) groups is 2. The molecule has 5 N–H and O–H groups in total. The Morgan fingerprint density at radius 3 is 2.51 bits per heavy atom. The van der Waals surface area contributed by atoms with Crippen molar-refractivity contribution in [3.63, 3.8) is 0 Å². The highest BCUT2D eigenvalue weighted by Crippen LogP contribution is 2.31. The molecule has 2 aromatic heterocycles. The highest BCUT2D eigenvalue weighted by molar-refractivity contribution is 6.10. The van der Waals surface area contributed by atoms with Gasteiger partial charge in [-0.3, -0.25) is 9.59 Å². The molecular weight excluding hydrogens is 438 g/mol. The first-order valence-electron chi connectivity index (χ1n) is 11.9. The van der Waals surface area contributed by atoms with Crippen LogP contribution in [0.15, 0.2) is 72.9 Å². The number of aromatic nitrogens is 2. The average Bonchev–Trinajstić information content (AvgIpc) is 3.42. The zero-order chi connectivity index (χ0) is 24.4. The van der Waals surface area contributed by atoms with Gasteiger partial charge in [-0.15, -0.1) is 0 Å². The van der Waals surface area contributed by atoms with Crippen LogP contribution in [0.3, 0.4) is 0 Å². The van der Waals surface area contributed by atoms with E-state index in [1.54, 1.807) is 0 Å². The topological polar surface area (TPSA) is 105 Å². The Labute approximate surface area is 203 Å². The number of hydrogen-bond donors (Lipinski definition) is 4. The van der Waals surface area contributed by atoms with Crippen LogP contribution in [0, 0.1) is 0 Å². The number of H-pyrrole nitrogens is 1. The number of anilines is 1. The number of fused-ring (bicyclic) bond motifs is 4. The standard InChI is InChI=1S/C28H29N5O2/c1-2-33-25-10-6-4-8-21(25)22-16-19(11-12-26(22)33)31-28(35)24(32-27(34)13-14-29)15-18-17-30-23-9-5-3-7-20(18)23/h3-12,16-17,24,30H,2,13-15,29H2,1H3,(H,31,35)(H,32,34). The molecule has 2 amide bonds. The summed E-state index contributed by atoms with van der Waals surface area (Å²) >= 11 is 0. The molecule has 5 aromatic rings. The molecular formula is C28H29N5O2. The van der Waals surface area contributed by atoms with Gasteiger partial charge < -0.3 is 25.9 Å². The number of aromatic amines is 1. The fourth-order valence-corrected chi connectivity index (χ4v) is 4.83. The molecule has 0 aliphatic carbocycles. The second-order valence-electron chi connectivity index (χ2n) is 8.70. The molecule has 0 aliphatic rings. The van der Waals surface area contributed by atoms with E-state index in [1.165, 1.54) is 5.52 Å². The highest BCUT2D eigenvalue weighted by Gasteiger charge is 2.23. The van der Waals surface area contributed by atoms with Gasteiger partial charge in [0.05, 0.1) is 0 Å². The van der Waals surface area contributed by atoms with Crippen molar-refractivity contribution < 1.29 is 9.59 Å². The normalized spacial score (nSPS) is 12.3. The van der Waals surface area contributed by atoms with Crippen LogP contribution in [-0.4, -0.2) is 34.0 Å². The molecule has 178 valence electrons. The summed E-state index contributed by atoms with van der Waals surface area (Å²) in [7, 11) is 0. The molecule has 0 fully saturated rings. The molecule has 7 heteroatoms. The number of amides is 2. The van der Waals surface area contributed by atoms with Gasteiger partial charge in [-0.05, 0) is 42.8 Å². The van der Waals surface area contributed by atoms with E-state index in [9.17, 15) is 9.59 Å². The van der Waals surface area contributed by atoms with Gasteiger partial charge in [-0.2, -0.15) is 0 Å². The summed E-state index contributed by atoms with van der Waals surface area (Å²) in [5.41, 5.74) is 10.5. The van der Waals surface area contributed by atoms with Gasteiger partial charge in [0.15, 0.2) is 0 Å². The van der Waals surface area contributed by atoms with E-state index in [1.807, 2.05) is 60.8 Å². The zero-order valence-corrected chi connectivity index (χ0v) is 19.7. The maximum atomic E-state index is 13.4. The molecule has 0 saturated heterocycles. The quantitative estimate of drug-likeness (QED) is 0.273. The van der Waals surface area contributed by atoms with Crippen LogP contribution in [0.2, 0.25) is 0 Å². The van der Waals surface area contributed by atoms with Gasteiger partial charge in [-0.25, -0.2) is 0 Å².